The van der Waals surface area contributed by atoms with E-state index in [2.05, 4.69) is 0 Å². The van der Waals surface area contributed by atoms with Gasteiger partial charge in [0.2, 0.25) is 0 Å². The molecule has 2 radical (unpaired) electrons. The average molecular weight is 177 g/mol. The zero-order valence-electron chi connectivity index (χ0n) is 3.80. The summed E-state index contributed by atoms with van der Waals surface area (Å²) in [6, 6.07) is 0. The quantitative estimate of drug-likeness (QED) is 0.326. The standard InChI is InChI=1S/Cu.Na.5H2O/h;;5*1H2. The van der Waals surface area contributed by atoms with Crippen LogP contribution < -0.4 is 0 Å². The fourth-order valence-electron chi connectivity index (χ4n) is 0. The van der Waals surface area contributed by atoms with Crippen LogP contribution in [0.2, 0.25) is 0 Å². The molecule has 7 heavy (non-hydrogen) atoms. The Hall–Kier alpha value is 1.32. The van der Waals surface area contributed by atoms with Crippen LogP contribution in [0.5, 0.6) is 0 Å². The summed E-state index contributed by atoms with van der Waals surface area (Å²) in [5.41, 5.74) is 0. The van der Waals surface area contributed by atoms with Crippen LogP contribution >= 0.6 is 0 Å². The summed E-state index contributed by atoms with van der Waals surface area (Å²) in [4.78, 5) is 0. The molecule has 0 aliphatic rings. The molecule has 0 rings (SSSR count). The Balaban J connectivity index is 0. The molecule has 0 saturated heterocycles. The third kappa shape index (κ3) is 119. The summed E-state index contributed by atoms with van der Waals surface area (Å²) in [6.07, 6.45) is 0. The molecule has 0 aromatic heterocycles. The first-order chi connectivity index (χ1) is 0. The summed E-state index contributed by atoms with van der Waals surface area (Å²) >= 11 is 0. The molecule has 0 atom stereocenters. The van der Waals surface area contributed by atoms with Crippen molar-refractivity contribution < 1.29 is 44.4 Å². The van der Waals surface area contributed by atoms with E-state index in [4.69, 9.17) is 0 Å². The SMILES string of the molecule is O.O.O.O.O.[Cu].[Na]. The molecule has 7 heteroatoms. The van der Waals surface area contributed by atoms with Crippen LogP contribution in [-0.4, -0.2) is 56.9 Å². The van der Waals surface area contributed by atoms with Gasteiger partial charge in [-0.25, -0.2) is 0 Å². The van der Waals surface area contributed by atoms with Gasteiger partial charge in [-0.2, -0.15) is 0 Å². The van der Waals surface area contributed by atoms with Gasteiger partial charge < -0.3 is 27.4 Å². The first kappa shape index (κ1) is 256. The zero-order valence-corrected chi connectivity index (χ0v) is 6.74. The summed E-state index contributed by atoms with van der Waals surface area (Å²) < 4.78 is 0. The Kier molecular flexibility index (Phi) is 6140. The van der Waals surface area contributed by atoms with Crippen LogP contribution in [0.3, 0.4) is 0 Å². The minimum Gasteiger partial charge on any atom is -0.412 e. The maximum Gasteiger partial charge on any atom is 0 e. The van der Waals surface area contributed by atoms with E-state index in [0.717, 1.165) is 0 Å². The molecule has 0 spiro atoms. The third-order valence-corrected chi connectivity index (χ3v) is 0. The summed E-state index contributed by atoms with van der Waals surface area (Å²) in [6.45, 7) is 0. The van der Waals surface area contributed by atoms with E-state index in [0.29, 0.717) is 0 Å². The van der Waals surface area contributed by atoms with Crippen molar-refractivity contribution in [2.75, 3.05) is 0 Å². The van der Waals surface area contributed by atoms with Gasteiger partial charge in [0.25, 0.3) is 0 Å². The first-order valence-corrected chi connectivity index (χ1v) is 0. The second-order valence-corrected chi connectivity index (χ2v) is 0. The van der Waals surface area contributed by atoms with Crippen LogP contribution in [0.4, 0.5) is 0 Å². The average Bonchev–Trinajstić information content (AvgIpc) is 0. The minimum atomic E-state index is 0. The molecule has 10 N–H and O–H groups in total. The van der Waals surface area contributed by atoms with Gasteiger partial charge in [-0.1, -0.05) is 0 Å². The van der Waals surface area contributed by atoms with E-state index in [1.807, 2.05) is 0 Å². The van der Waals surface area contributed by atoms with Crippen molar-refractivity contribution in [1.82, 2.24) is 0 Å². The molecule has 0 bridgehead atoms. The maximum absolute atomic E-state index is 0. The van der Waals surface area contributed by atoms with Crippen LogP contribution in [0, 0.1) is 0 Å². The van der Waals surface area contributed by atoms with Crippen molar-refractivity contribution in [2.45, 2.75) is 0 Å². The molecule has 0 aromatic carbocycles. The van der Waals surface area contributed by atoms with E-state index >= 15 is 0 Å². The predicted octanol–water partition coefficient (Wildman–Crippen LogP) is -4.51. The molecular formula is H10CuNaO5. The van der Waals surface area contributed by atoms with Gasteiger partial charge in [-0.05, 0) is 0 Å². The minimum absolute atomic E-state index is 0. The van der Waals surface area contributed by atoms with Gasteiger partial charge in [-0.15, -0.1) is 0 Å². The molecule has 0 heterocycles. The number of hydrogen-bond acceptors (Lipinski definition) is 0. The first-order valence-electron chi connectivity index (χ1n) is 0. The van der Waals surface area contributed by atoms with Crippen LogP contribution in [-0.2, 0) is 17.1 Å². The topological polar surface area (TPSA) is 158 Å². The molecule has 0 fully saturated rings. The second kappa shape index (κ2) is 168. The van der Waals surface area contributed by atoms with Gasteiger partial charge in [0.15, 0.2) is 0 Å². The normalized spacial score (nSPS) is 0. The fraction of sp³-hybridized carbons (Fsp3) is 0. The monoisotopic (exact) mass is 176 g/mol. The smallest absolute Gasteiger partial charge is 0 e. The molecule has 52 valence electrons. The Bertz CT molecular complexity index is 8.04. The second-order valence-electron chi connectivity index (χ2n) is 0. The van der Waals surface area contributed by atoms with Gasteiger partial charge in [0, 0.05) is 46.6 Å². The Morgan fingerprint density at radius 1 is 0.429 bits per heavy atom. The Morgan fingerprint density at radius 2 is 0.429 bits per heavy atom. The fourth-order valence-corrected chi connectivity index (χ4v) is 0. The number of hydrogen-bond donors (Lipinski definition) is 0. The molecule has 0 saturated carbocycles. The van der Waals surface area contributed by atoms with E-state index in [-0.39, 0.29) is 74.0 Å². The van der Waals surface area contributed by atoms with Gasteiger partial charge in [0.05, 0.1) is 0 Å². The molecule has 0 aliphatic carbocycles. The summed E-state index contributed by atoms with van der Waals surface area (Å²) in [7, 11) is 0. The van der Waals surface area contributed by atoms with Gasteiger partial charge >= 0.3 is 0 Å². The predicted molar refractivity (Wildman–Crippen MR) is 23.8 cm³/mol. The van der Waals surface area contributed by atoms with Crippen molar-refractivity contribution in [3.63, 3.8) is 0 Å². The van der Waals surface area contributed by atoms with Crippen molar-refractivity contribution in [2.24, 2.45) is 0 Å². The summed E-state index contributed by atoms with van der Waals surface area (Å²) in [5.74, 6) is 0. The van der Waals surface area contributed by atoms with Crippen molar-refractivity contribution in [3.05, 3.63) is 0 Å². The van der Waals surface area contributed by atoms with E-state index in [1.165, 1.54) is 0 Å². The molecule has 0 aliphatic heterocycles. The van der Waals surface area contributed by atoms with E-state index < -0.39 is 0 Å². The Labute approximate surface area is 73.8 Å². The Morgan fingerprint density at radius 3 is 0.429 bits per heavy atom. The van der Waals surface area contributed by atoms with Gasteiger partial charge in [-0.3, -0.25) is 0 Å². The zero-order chi connectivity index (χ0) is 0. The molecule has 0 aromatic rings. The van der Waals surface area contributed by atoms with Crippen LogP contribution in [0.25, 0.3) is 0 Å². The largest absolute Gasteiger partial charge is 0.412 e. The summed E-state index contributed by atoms with van der Waals surface area (Å²) in [5, 5.41) is 0. The molecular weight excluding hydrogens is 167 g/mol. The van der Waals surface area contributed by atoms with E-state index in [1.54, 1.807) is 0 Å². The number of rotatable bonds is 0. The molecule has 0 amide bonds. The van der Waals surface area contributed by atoms with E-state index in [9.17, 15) is 0 Å². The molecule has 0 unspecified atom stereocenters. The van der Waals surface area contributed by atoms with Crippen molar-refractivity contribution >= 4 is 29.6 Å². The van der Waals surface area contributed by atoms with Crippen molar-refractivity contribution in [1.29, 1.82) is 0 Å². The van der Waals surface area contributed by atoms with Gasteiger partial charge in [0.1, 0.15) is 0 Å². The van der Waals surface area contributed by atoms with Crippen LogP contribution in [0.15, 0.2) is 0 Å². The third-order valence-electron chi connectivity index (χ3n) is 0. The van der Waals surface area contributed by atoms with Crippen molar-refractivity contribution in [3.8, 4) is 0 Å². The molecule has 5 nitrogen and oxygen atoms in total. The maximum atomic E-state index is 0. The van der Waals surface area contributed by atoms with Crippen LogP contribution in [0.1, 0.15) is 0 Å².